The summed E-state index contributed by atoms with van der Waals surface area (Å²) in [5.74, 6) is 0.920. The van der Waals surface area contributed by atoms with E-state index < -0.39 is 0 Å². The first kappa shape index (κ1) is 16.5. The minimum absolute atomic E-state index is 0.0617. The van der Waals surface area contributed by atoms with Crippen molar-refractivity contribution >= 4 is 29.0 Å². The summed E-state index contributed by atoms with van der Waals surface area (Å²) in [6.45, 7) is 3.28. The highest BCUT2D eigenvalue weighted by molar-refractivity contribution is 8.00. The van der Waals surface area contributed by atoms with Crippen molar-refractivity contribution < 1.29 is 9.90 Å². The van der Waals surface area contributed by atoms with Crippen molar-refractivity contribution in [3.05, 3.63) is 46.5 Å². The van der Waals surface area contributed by atoms with Crippen LogP contribution in [0.15, 0.2) is 34.0 Å². The first-order valence-corrected chi connectivity index (χ1v) is 9.59. The number of amides is 1. The Hall–Kier alpha value is -1.37. The molecule has 1 fully saturated rings. The fourth-order valence-electron chi connectivity index (χ4n) is 2.54. The fraction of sp³-hybridized carbons (Fsp3) is 0.412. The molecule has 0 aliphatic carbocycles. The standard InChI is InChI=1S/C17H20N2O2S2/c1-12-10-22-17(18-12)23-11-13-2-4-14(5-3-13)16(21)19-8-6-15(20)7-9-19/h2-5,10,15,20H,6-9,11H2,1H3. The zero-order valence-electron chi connectivity index (χ0n) is 13.1. The number of carbonyl (C=O) groups is 1. The van der Waals surface area contributed by atoms with Gasteiger partial charge in [0, 0.05) is 35.5 Å². The van der Waals surface area contributed by atoms with Gasteiger partial charge in [-0.05, 0) is 37.5 Å². The van der Waals surface area contributed by atoms with E-state index in [1.807, 2.05) is 36.1 Å². The lowest BCUT2D eigenvalue weighted by atomic mass is 10.1. The molecule has 122 valence electrons. The smallest absolute Gasteiger partial charge is 0.253 e. The van der Waals surface area contributed by atoms with Crippen molar-refractivity contribution in [2.45, 2.75) is 36.0 Å². The van der Waals surface area contributed by atoms with E-state index in [4.69, 9.17) is 0 Å². The Morgan fingerprint density at radius 3 is 2.65 bits per heavy atom. The summed E-state index contributed by atoms with van der Waals surface area (Å²) in [4.78, 5) is 18.7. The number of thioether (sulfide) groups is 1. The Morgan fingerprint density at radius 2 is 2.04 bits per heavy atom. The Morgan fingerprint density at radius 1 is 1.35 bits per heavy atom. The molecule has 0 atom stereocenters. The predicted molar refractivity (Wildman–Crippen MR) is 94.0 cm³/mol. The number of nitrogens with zero attached hydrogens (tertiary/aromatic N) is 2. The highest BCUT2D eigenvalue weighted by atomic mass is 32.2. The molecule has 23 heavy (non-hydrogen) atoms. The fourth-order valence-corrected chi connectivity index (χ4v) is 4.34. The number of piperidine rings is 1. The molecule has 0 unspecified atom stereocenters. The van der Waals surface area contributed by atoms with Crippen LogP contribution < -0.4 is 0 Å². The lowest BCUT2D eigenvalue weighted by Crippen LogP contribution is -2.40. The van der Waals surface area contributed by atoms with E-state index in [0.29, 0.717) is 25.9 Å². The molecule has 0 radical (unpaired) electrons. The van der Waals surface area contributed by atoms with Crippen LogP contribution in [0.5, 0.6) is 0 Å². The highest BCUT2D eigenvalue weighted by Crippen LogP contribution is 2.26. The van der Waals surface area contributed by atoms with Crippen LogP contribution in [0, 0.1) is 6.92 Å². The molecule has 4 nitrogen and oxygen atoms in total. The average molecular weight is 348 g/mol. The summed E-state index contributed by atoms with van der Waals surface area (Å²) in [5.41, 5.74) is 2.97. The maximum absolute atomic E-state index is 12.4. The first-order chi connectivity index (χ1) is 11.1. The van der Waals surface area contributed by atoms with Gasteiger partial charge in [0.25, 0.3) is 5.91 Å². The number of carbonyl (C=O) groups excluding carboxylic acids is 1. The Kier molecular flexibility index (Phi) is 5.35. The Bertz CT molecular complexity index is 661. The quantitative estimate of drug-likeness (QED) is 0.861. The number of aromatic nitrogens is 1. The maximum Gasteiger partial charge on any atom is 0.253 e. The third-order valence-corrected chi connectivity index (χ3v) is 6.12. The van der Waals surface area contributed by atoms with Gasteiger partial charge in [-0.3, -0.25) is 4.79 Å². The van der Waals surface area contributed by atoms with Gasteiger partial charge in [-0.15, -0.1) is 11.3 Å². The topological polar surface area (TPSA) is 53.4 Å². The zero-order chi connectivity index (χ0) is 16.2. The molecule has 3 rings (SSSR count). The largest absolute Gasteiger partial charge is 0.393 e. The third-order valence-electron chi connectivity index (χ3n) is 3.91. The van der Waals surface area contributed by atoms with Crippen molar-refractivity contribution in [2.75, 3.05) is 13.1 Å². The van der Waals surface area contributed by atoms with E-state index in [1.165, 1.54) is 5.56 Å². The van der Waals surface area contributed by atoms with Crippen LogP contribution in [-0.4, -0.2) is 40.1 Å². The zero-order valence-corrected chi connectivity index (χ0v) is 14.7. The molecule has 1 saturated heterocycles. The molecule has 1 aromatic heterocycles. The second-order valence-corrected chi connectivity index (χ2v) is 7.84. The van der Waals surface area contributed by atoms with Gasteiger partial charge in [0.1, 0.15) is 4.34 Å². The minimum Gasteiger partial charge on any atom is -0.393 e. The molecule has 1 aliphatic heterocycles. The van der Waals surface area contributed by atoms with Crippen molar-refractivity contribution in [2.24, 2.45) is 0 Å². The van der Waals surface area contributed by atoms with Crippen molar-refractivity contribution in [1.29, 1.82) is 0 Å². The minimum atomic E-state index is -0.257. The van der Waals surface area contributed by atoms with E-state index >= 15 is 0 Å². The van der Waals surface area contributed by atoms with Crippen LogP contribution in [0.25, 0.3) is 0 Å². The van der Waals surface area contributed by atoms with Crippen LogP contribution in [-0.2, 0) is 5.75 Å². The first-order valence-electron chi connectivity index (χ1n) is 7.73. The van der Waals surface area contributed by atoms with Gasteiger partial charge in [-0.1, -0.05) is 23.9 Å². The predicted octanol–water partition coefficient (Wildman–Crippen LogP) is 3.34. The number of hydrogen-bond donors (Lipinski definition) is 1. The summed E-state index contributed by atoms with van der Waals surface area (Å²) >= 11 is 3.39. The second kappa shape index (κ2) is 7.47. The van der Waals surface area contributed by atoms with Gasteiger partial charge in [0.15, 0.2) is 0 Å². The van der Waals surface area contributed by atoms with Gasteiger partial charge >= 0.3 is 0 Å². The summed E-state index contributed by atoms with van der Waals surface area (Å²) in [6, 6.07) is 7.83. The molecule has 1 amide bonds. The number of thiazole rings is 1. The van der Waals surface area contributed by atoms with Crippen LogP contribution in [0.2, 0.25) is 0 Å². The number of likely N-dealkylation sites (tertiary alicyclic amines) is 1. The molecule has 2 aromatic rings. The number of benzene rings is 1. The number of aliphatic hydroxyl groups excluding tert-OH is 1. The average Bonchev–Trinajstić information content (AvgIpc) is 2.99. The lowest BCUT2D eigenvalue weighted by Gasteiger charge is -2.29. The molecule has 1 N–H and O–H groups in total. The van der Waals surface area contributed by atoms with Gasteiger partial charge in [-0.25, -0.2) is 4.98 Å². The number of rotatable bonds is 4. The van der Waals surface area contributed by atoms with E-state index in [1.54, 1.807) is 23.1 Å². The molecule has 1 aliphatic rings. The Balaban J connectivity index is 1.57. The Labute approximate surface area is 144 Å². The summed E-state index contributed by atoms with van der Waals surface area (Å²) in [6.07, 6.45) is 1.09. The van der Waals surface area contributed by atoms with Crippen molar-refractivity contribution in [3.8, 4) is 0 Å². The van der Waals surface area contributed by atoms with E-state index in [2.05, 4.69) is 10.4 Å². The van der Waals surface area contributed by atoms with Crippen molar-refractivity contribution in [1.82, 2.24) is 9.88 Å². The molecule has 2 heterocycles. The van der Waals surface area contributed by atoms with E-state index in [9.17, 15) is 9.90 Å². The SMILES string of the molecule is Cc1csc(SCc2ccc(C(=O)N3CCC(O)CC3)cc2)n1. The van der Waals surface area contributed by atoms with Gasteiger partial charge in [-0.2, -0.15) is 0 Å². The molecule has 6 heteroatoms. The lowest BCUT2D eigenvalue weighted by molar-refractivity contribution is 0.0546. The summed E-state index contributed by atoms with van der Waals surface area (Å²) < 4.78 is 1.08. The van der Waals surface area contributed by atoms with Gasteiger partial charge in [0.05, 0.1) is 6.10 Å². The molecule has 0 spiro atoms. The van der Waals surface area contributed by atoms with E-state index in [0.717, 1.165) is 21.3 Å². The number of aryl methyl sites for hydroxylation is 1. The van der Waals surface area contributed by atoms with Gasteiger partial charge in [0.2, 0.25) is 0 Å². The highest BCUT2D eigenvalue weighted by Gasteiger charge is 2.22. The molecule has 0 bridgehead atoms. The summed E-state index contributed by atoms with van der Waals surface area (Å²) in [5, 5.41) is 11.6. The maximum atomic E-state index is 12.4. The number of hydrogen-bond acceptors (Lipinski definition) is 5. The van der Waals surface area contributed by atoms with E-state index in [-0.39, 0.29) is 12.0 Å². The van der Waals surface area contributed by atoms with Crippen LogP contribution in [0.4, 0.5) is 0 Å². The van der Waals surface area contributed by atoms with Crippen molar-refractivity contribution in [3.63, 3.8) is 0 Å². The third kappa shape index (κ3) is 4.34. The van der Waals surface area contributed by atoms with Crippen LogP contribution >= 0.6 is 23.1 Å². The van der Waals surface area contributed by atoms with Crippen LogP contribution in [0.1, 0.15) is 34.5 Å². The van der Waals surface area contributed by atoms with Gasteiger partial charge < -0.3 is 10.0 Å². The van der Waals surface area contributed by atoms with Crippen LogP contribution in [0.3, 0.4) is 0 Å². The summed E-state index contributed by atoms with van der Waals surface area (Å²) in [7, 11) is 0. The normalized spacial score (nSPS) is 15.8. The molecule has 1 aromatic carbocycles. The number of aliphatic hydroxyl groups is 1. The monoisotopic (exact) mass is 348 g/mol. The molecular formula is C17H20N2O2S2. The second-order valence-electron chi connectivity index (χ2n) is 5.76. The molecular weight excluding hydrogens is 328 g/mol. The molecule has 0 saturated carbocycles.